The molecule has 0 spiro atoms. The van der Waals surface area contributed by atoms with E-state index < -0.39 is 11.4 Å². The van der Waals surface area contributed by atoms with Crippen LogP contribution in [-0.2, 0) is 34.6 Å². The highest BCUT2D eigenvalue weighted by Crippen LogP contribution is 2.42. The summed E-state index contributed by atoms with van der Waals surface area (Å²) in [6, 6.07) is 7.81. The highest BCUT2D eigenvalue weighted by molar-refractivity contribution is 6.31. The number of carbonyl (C=O) groups excluding carboxylic acids is 1. The van der Waals surface area contributed by atoms with Gasteiger partial charge in [-0.15, -0.1) is 0 Å². The van der Waals surface area contributed by atoms with Gasteiger partial charge in [-0.05, 0) is 67.6 Å². The molecule has 1 fully saturated rings. The maximum Gasteiger partial charge on any atom is 0.307 e. The summed E-state index contributed by atoms with van der Waals surface area (Å²) in [5.41, 5.74) is 4.71. The van der Waals surface area contributed by atoms with Crippen LogP contribution >= 0.6 is 11.6 Å². The van der Waals surface area contributed by atoms with Gasteiger partial charge in [-0.2, -0.15) is 0 Å². The van der Waals surface area contributed by atoms with Gasteiger partial charge in [-0.1, -0.05) is 31.5 Å². The second-order valence-electron chi connectivity index (χ2n) is 11.0. The molecule has 5 heterocycles. The van der Waals surface area contributed by atoms with E-state index in [1.54, 1.807) is 4.57 Å². The summed E-state index contributed by atoms with van der Waals surface area (Å²) < 4.78 is 7.17. The Kier molecular flexibility index (Phi) is 6.13. The summed E-state index contributed by atoms with van der Waals surface area (Å²) in [5.74, 6) is 0.349. The van der Waals surface area contributed by atoms with Crippen molar-refractivity contribution >= 4 is 28.5 Å². The van der Waals surface area contributed by atoms with E-state index in [1.807, 2.05) is 31.2 Å². The summed E-state index contributed by atoms with van der Waals surface area (Å²) in [6.07, 6.45) is 2.92. The molecule has 1 saturated heterocycles. The number of nitrogens with zero attached hydrogens (tertiary/aromatic N) is 3. The fourth-order valence-electron chi connectivity index (χ4n) is 6.31. The first kappa shape index (κ1) is 24.6. The lowest BCUT2D eigenvalue weighted by molar-refractivity contribution is -0.146. The van der Waals surface area contributed by atoms with Crippen molar-refractivity contribution in [3.8, 4) is 11.4 Å². The van der Waals surface area contributed by atoms with Crippen LogP contribution in [0.2, 0.25) is 5.02 Å². The van der Waals surface area contributed by atoms with Gasteiger partial charge in [0.1, 0.15) is 6.61 Å². The third-order valence-corrected chi connectivity index (χ3v) is 9.03. The van der Waals surface area contributed by atoms with E-state index in [1.165, 1.54) is 18.4 Å². The monoisotopic (exact) mass is 521 g/mol. The van der Waals surface area contributed by atoms with Crippen LogP contribution < -0.4 is 5.56 Å². The number of hydrogen-bond donors (Lipinski definition) is 1. The Morgan fingerprint density at radius 3 is 2.70 bits per heavy atom. The van der Waals surface area contributed by atoms with Gasteiger partial charge in [0.05, 0.1) is 42.0 Å². The van der Waals surface area contributed by atoms with Gasteiger partial charge in [0.25, 0.3) is 5.56 Å². The van der Waals surface area contributed by atoms with Crippen molar-refractivity contribution in [2.24, 2.45) is 5.92 Å². The number of likely N-dealkylation sites (tertiary alicyclic amines) is 1. The van der Waals surface area contributed by atoms with Crippen LogP contribution in [0.1, 0.15) is 61.8 Å². The van der Waals surface area contributed by atoms with Gasteiger partial charge in [-0.25, -0.2) is 4.98 Å². The van der Waals surface area contributed by atoms with Gasteiger partial charge in [-0.3, -0.25) is 14.5 Å². The molecule has 1 atom stereocenters. The molecule has 1 unspecified atom stereocenters. The Hall–Kier alpha value is -2.74. The fourth-order valence-corrected chi connectivity index (χ4v) is 6.48. The molecule has 0 amide bonds. The molecule has 3 aliphatic rings. The van der Waals surface area contributed by atoms with Crippen molar-refractivity contribution in [2.45, 2.75) is 64.6 Å². The first-order chi connectivity index (χ1) is 17.8. The number of hydrogen-bond acceptors (Lipinski definition) is 6. The van der Waals surface area contributed by atoms with E-state index in [-0.39, 0.29) is 25.2 Å². The van der Waals surface area contributed by atoms with Crippen LogP contribution in [0.4, 0.5) is 0 Å². The molecule has 6 rings (SSSR count). The Balaban J connectivity index is 1.55. The predicted octanol–water partition coefficient (Wildman–Crippen LogP) is 4.40. The Labute approximate surface area is 221 Å². The molecule has 8 heteroatoms. The SMILES string of the molecule is CCC1(CO)CC(=O)OCc2c1cc1n(c2=O)Cc2c-1nc1cc(Cl)ccc1c2CN1CCC(C)CC1. The van der Waals surface area contributed by atoms with Crippen LogP contribution in [0.3, 0.4) is 0 Å². The first-order valence-electron chi connectivity index (χ1n) is 13.2. The third kappa shape index (κ3) is 3.99. The summed E-state index contributed by atoms with van der Waals surface area (Å²) in [6.45, 7) is 7.26. The lowest BCUT2D eigenvalue weighted by Gasteiger charge is -2.31. The zero-order valence-electron chi connectivity index (χ0n) is 21.3. The van der Waals surface area contributed by atoms with Crippen molar-refractivity contribution in [1.29, 1.82) is 0 Å². The summed E-state index contributed by atoms with van der Waals surface area (Å²) in [4.78, 5) is 33.8. The first-order valence-corrected chi connectivity index (χ1v) is 13.6. The van der Waals surface area contributed by atoms with E-state index >= 15 is 0 Å². The van der Waals surface area contributed by atoms with Crippen LogP contribution in [0.5, 0.6) is 0 Å². The number of fused-ring (bicyclic) bond motifs is 5. The van der Waals surface area contributed by atoms with Gasteiger partial charge in [0.15, 0.2) is 0 Å². The lowest BCUT2D eigenvalue weighted by atomic mass is 9.74. The summed E-state index contributed by atoms with van der Waals surface area (Å²) in [5, 5.41) is 12.1. The summed E-state index contributed by atoms with van der Waals surface area (Å²) in [7, 11) is 0. The number of halogens is 1. The van der Waals surface area contributed by atoms with Crippen molar-refractivity contribution in [1.82, 2.24) is 14.5 Å². The van der Waals surface area contributed by atoms with E-state index in [4.69, 9.17) is 21.3 Å². The molecular formula is C29H32ClN3O4. The average molecular weight is 522 g/mol. The highest BCUT2D eigenvalue weighted by atomic mass is 35.5. The van der Waals surface area contributed by atoms with Crippen LogP contribution in [-0.4, -0.2) is 45.2 Å². The van der Waals surface area contributed by atoms with Crippen LogP contribution in [0.15, 0.2) is 29.1 Å². The topological polar surface area (TPSA) is 84.7 Å². The van der Waals surface area contributed by atoms with Crippen LogP contribution in [0.25, 0.3) is 22.3 Å². The fraction of sp³-hybridized carbons (Fsp3) is 0.483. The lowest BCUT2D eigenvalue weighted by Crippen LogP contribution is -2.35. The van der Waals surface area contributed by atoms with Crippen molar-refractivity contribution in [3.63, 3.8) is 0 Å². The zero-order valence-corrected chi connectivity index (χ0v) is 22.1. The average Bonchev–Trinajstić information content (AvgIpc) is 3.18. The number of ether oxygens (including phenoxy) is 1. The predicted molar refractivity (Wildman–Crippen MR) is 143 cm³/mol. The molecule has 0 aliphatic carbocycles. The number of carbonyl (C=O) groups is 1. The minimum Gasteiger partial charge on any atom is -0.461 e. The van der Waals surface area contributed by atoms with Gasteiger partial charge < -0.3 is 14.4 Å². The van der Waals surface area contributed by atoms with Gasteiger partial charge in [0, 0.05) is 27.9 Å². The van der Waals surface area contributed by atoms with Crippen molar-refractivity contribution < 1.29 is 14.6 Å². The number of pyridine rings is 2. The number of benzene rings is 1. The molecule has 1 aromatic carbocycles. The second-order valence-corrected chi connectivity index (χ2v) is 11.4. The smallest absolute Gasteiger partial charge is 0.307 e. The quantitative estimate of drug-likeness (QED) is 0.401. The third-order valence-electron chi connectivity index (χ3n) is 8.80. The normalized spacial score (nSPS) is 21.9. The molecule has 194 valence electrons. The van der Waals surface area contributed by atoms with Crippen molar-refractivity contribution in [3.05, 3.63) is 61.9 Å². The van der Waals surface area contributed by atoms with Crippen molar-refractivity contribution in [2.75, 3.05) is 19.7 Å². The molecule has 0 bridgehead atoms. The number of aliphatic hydroxyl groups is 1. The number of cyclic esters (lactones) is 1. The second kappa shape index (κ2) is 9.22. The summed E-state index contributed by atoms with van der Waals surface area (Å²) >= 11 is 6.38. The molecule has 2 aromatic heterocycles. The number of piperidine rings is 1. The number of aliphatic hydroxyl groups excluding tert-OH is 1. The van der Waals surface area contributed by atoms with E-state index in [9.17, 15) is 14.7 Å². The highest BCUT2D eigenvalue weighted by Gasteiger charge is 2.41. The number of aromatic nitrogens is 2. The number of rotatable bonds is 4. The maximum atomic E-state index is 13.9. The molecule has 37 heavy (non-hydrogen) atoms. The molecule has 0 radical (unpaired) electrons. The Morgan fingerprint density at radius 2 is 1.97 bits per heavy atom. The van der Waals surface area contributed by atoms with Crippen LogP contribution in [0, 0.1) is 5.92 Å². The molecule has 7 nitrogen and oxygen atoms in total. The number of esters is 1. The largest absolute Gasteiger partial charge is 0.461 e. The van der Waals surface area contributed by atoms with E-state index in [0.717, 1.165) is 53.4 Å². The Bertz CT molecular complexity index is 1470. The molecular weight excluding hydrogens is 490 g/mol. The minimum absolute atomic E-state index is 0.0438. The van der Waals surface area contributed by atoms with E-state index in [2.05, 4.69) is 11.8 Å². The molecule has 3 aromatic rings. The minimum atomic E-state index is -0.853. The standard InChI is InChI=1S/C29H32ClN3O4/c1-3-29(16-34)12-26(35)37-15-22-23(29)11-25-27-21(14-33(25)28(22)36)20(13-32-8-6-17(2)7-9-32)19-5-4-18(30)10-24(19)31-27/h4-5,10-11,17,34H,3,6-9,12-16H2,1-2H3. The van der Waals surface area contributed by atoms with Gasteiger partial charge >= 0.3 is 5.97 Å². The molecule has 1 N–H and O–H groups in total. The Morgan fingerprint density at radius 1 is 1.19 bits per heavy atom. The van der Waals surface area contributed by atoms with Gasteiger partial charge in [0.2, 0.25) is 0 Å². The maximum absolute atomic E-state index is 13.9. The molecule has 0 saturated carbocycles. The van der Waals surface area contributed by atoms with E-state index in [0.29, 0.717) is 29.1 Å². The molecule has 3 aliphatic heterocycles. The zero-order chi connectivity index (χ0) is 25.9.